The molecule has 2 aromatic rings. The zero-order chi connectivity index (χ0) is 17.3. The quantitative estimate of drug-likeness (QED) is 0.886. The molecule has 1 atom stereocenters. The van der Waals surface area contributed by atoms with Gasteiger partial charge in [-0.3, -0.25) is 4.79 Å². The maximum Gasteiger partial charge on any atom is 0.454 e. The number of carbonyl (C=O) groups excluding carboxylic acids is 2. The topological polar surface area (TPSA) is 58.2 Å². The smallest absolute Gasteiger partial charge is 0.327 e. The van der Waals surface area contributed by atoms with Crippen molar-refractivity contribution < 1.29 is 22.8 Å². The summed E-state index contributed by atoms with van der Waals surface area (Å²) < 4.78 is 39.3. The van der Waals surface area contributed by atoms with Crippen LogP contribution in [0.4, 0.5) is 18.0 Å². The van der Waals surface area contributed by atoms with Gasteiger partial charge in [0.25, 0.3) is 5.78 Å². The number of carbonyl (C=O) groups is 2. The third-order valence-electron chi connectivity index (χ3n) is 3.47. The van der Waals surface area contributed by atoms with Gasteiger partial charge >= 0.3 is 12.2 Å². The predicted molar refractivity (Wildman–Crippen MR) is 83.2 cm³/mol. The average molecular weight is 352 g/mol. The van der Waals surface area contributed by atoms with E-state index in [1.165, 1.54) is 0 Å². The lowest BCUT2D eigenvalue weighted by molar-refractivity contribution is -0.166. The highest BCUT2D eigenvalue weighted by Gasteiger charge is 2.46. The van der Waals surface area contributed by atoms with Crippen molar-refractivity contribution in [3.8, 4) is 0 Å². The number of Topliss-reactive ketones (excluding diaryl/α,β-unsaturated/α-hetero) is 1. The van der Waals surface area contributed by atoms with Crippen molar-refractivity contribution in [2.75, 3.05) is 0 Å². The molecule has 1 aliphatic rings. The molecule has 0 radical (unpaired) electrons. The van der Waals surface area contributed by atoms with Crippen LogP contribution in [0.1, 0.15) is 16.5 Å². The van der Waals surface area contributed by atoms with Crippen LogP contribution in [0, 0.1) is 0 Å². The van der Waals surface area contributed by atoms with Crippen LogP contribution < -0.4 is 10.6 Å². The Morgan fingerprint density at radius 3 is 2.38 bits per heavy atom. The van der Waals surface area contributed by atoms with E-state index in [1.807, 2.05) is 0 Å². The standard InChI is InChI=1S/C16H11F3N2O2S/c17-16(18,19)14(22)11-12(9-5-2-1-3-6-9)20-15(23)21-13(11)10-7-4-8-24-10/h1-8,12H,(H2,20,21,23). The number of hydrogen-bond acceptors (Lipinski definition) is 3. The molecule has 0 saturated carbocycles. The van der Waals surface area contributed by atoms with Crippen LogP contribution in [0.3, 0.4) is 0 Å². The molecule has 24 heavy (non-hydrogen) atoms. The number of rotatable bonds is 3. The molecule has 1 unspecified atom stereocenters. The molecule has 0 fully saturated rings. The fourth-order valence-corrected chi connectivity index (χ4v) is 3.21. The van der Waals surface area contributed by atoms with Gasteiger partial charge in [0.2, 0.25) is 0 Å². The molecule has 0 saturated heterocycles. The molecule has 1 aliphatic heterocycles. The van der Waals surface area contributed by atoms with Gasteiger partial charge in [0, 0.05) is 0 Å². The van der Waals surface area contributed by atoms with Gasteiger partial charge in [-0.15, -0.1) is 11.3 Å². The zero-order valence-electron chi connectivity index (χ0n) is 12.1. The number of benzene rings is 1. The number of amides is 2. The molecule has 1 aromatic carbocycles. The van der Waals surface area contributed by atoms with Crippen molar-refractivity contribution in [3.63, 3.8) is 0 Å². The first-order chi connectivity index (χ1) is 11.4. The molecule has 8 heteroatoms. The van der Waals surface area contributed by atoms with Gasteiger partial charge in [-0.1, -0.05) is 36.4 Å². The van der Waals surface area contributed by atoms with Crippen LogP contribution in [-0.4, -0.2) is 18.0 Å². The third kappa shape index (κ3) is 3.05. The first kappa shape index (κ1) is 16.3. The highest BCUT2D eigenvalue weighted by atomic mass is 32.1. The lowest BCUT2D eigenvalue weighted by Crippen LogP contribution is -2.46. The van der Waals surface area contributed by atoms with E-state index in [0.717, 1.165) is 11.3 Å². The highest BCUT2D eigenvalue weighted by Crippen LogP contribution is 2.36. The molecule has 2 heterocycles. The molecule has 2 N–H and O–H groups in total. The van der Waals surface area contributed by atoms with E-state index < -0.39 is 29.6 Å². The normalized spacial score (nSPS) is 18.1. The number of ketones is 1. The Kier molecular flexibility index (Phi) is 4.15. The maximum atomic E-state index is 13.1. The van der Waals surface area contributed by atoms with Crippen molar-refractivity contribution in [3.05, 3.63) is 63.9 Å². The fourth-order valence-electron chi connectivity index (χ4n) is 2.47. The SMILES string of the molecule is O=C1NC(c2cccs2)=C(C(=O)C(F)(F)F)C(c2ccccc2)N1. The van der Waals surface area contributed by atoms with Crippen LogP contribution in [0.15, 0.2) is 53.4 Å². The molecular formula is C16H11F3N2O2S. The molecule has 0 bridgehead atoms. The van der Waals surface area contributed by atoms with Crippen LogP contribution in [-0.2, 0) is 4.79 Å². The Hall–Kier alpha value is -2.61. The van der Waals surface area contributed by atoms with Gasteiger partial charge in [0.1, 0.15) is 0 Å². The number of nitrogens with one attached hydrogen (secondary N) is 2. The first-order valence-corrected chi connectivity index (χ1v) is 7.78. The molecule has 4 nitrogen and oxygen atoms in total. The van der Waals surface area contributed by atoms with Crippen LogP contribution in [0.25, 0.3) is 5.70 Å². The van der Waals surface area contributed by atoms with Crippen molar-refractivity contribution in [2.45, 2.75) is 12.2 Å². The lowest BCUT2D eigenvalue weighted by atomic mass is 9.91. The summed E-state index contributed by atoms with van der Waals surface area (Å²) in [6.07, 6.45) is -5.05. The van der Waals surface area contributed by atoms with Gasteiger partial charge in [-0.05, 0) is 17.0 Å². The minimum Gasteiger partial charge on any atom is -0.327 e. The van der Waals surface area contributed by atoms with Crippen molar-refractivity contribution in [1.29, 1.82) is 0 Å². The Labute approximate surface area is 139 Å². The van der Waals surface area contributed by atoms with Crippen molar-refractivity contribution >= 4 is 28.8 Å². The van der Waals surface area contributed by atoms with Crippen LogP contribution in [0.2, 0.25) is 0 Å². The molecule has 2 amide bonds. The van der Waals surface area contributed by atoms with E-state index in [4.69, 9.17) is 0 Å². The van der Waals surface area contributed by atoms with E-state index >= 15 is 0 Å². The summed E-state index contributed by atoms with van der Waals surface area (Å²) in [6, 6.07) is 9.43. The van der Waals surface area contributed by atoms with E-state index in [1.54, 1.807) is 47.8 Å². The largest absolute Gasteiger partial charge is 0.454 e. The third-order valence-corrected chi connectivity index (χ3v) is 4.36. The summed E-state index contributed by atoms with van der Waals surface area (Å²) >= 11 is 1.14. The Bertz CT molecular complexity index is 798. The number of alkyl halides is 3. The monoisotopic (exact) mass is 352 g/mol. The Morgan fingerprint density at radius 1 is 1.08 bits per heavy atom. The molecule has 1 aromatic heterocycles. The lowest BCUT2D eigenvalue weighted by Gasteiger charge is -2.29. The van der Waals surface area contributed by atoms with E-state index in [2.05, 4.69) is 10.6 Å². The van der Waals surface area contributed by atoms with Crippen LogP contribution >= 0.6 is 11.3 Å². The van der Waals surface area contributed by atoms with Gasteiger partial charge < -0.3 is 10.6 Å². The maximum absolute atomic E-state index is 13.1. The van der Waals surface area contributed by atoms with Gasteiger partial charge in [-0.2, -0.15) is 13.2 Å². The second-order valence-corrected chi connectivity index (χ2v) is 5.98. The summed E-state index contributed by atoms with van der Waals surface area (Å²) in [4.78, 5) is 24.4. The minimum absolute atomic E-state index is 0.107. The zero-order valence-corrected chi connectivity index (χ0v) is 12.9. The Morgan fingerprint density at radius 2 is 1.79 bits per heavy atom. The second-order valence-electron chi connectivity index (χ2n) is 5.04. The Balaban J connectivity index is 2.22. The van der Waals surface area contributed by atoms with Crippen molar-refractivity contribution in [2.24, 2.45) is 0 Å². The number of halogens is 3. The fraction of sp³-hybridized carbons (Fsp3) is 0.125. The predicted octanol–water partition coefficient (Wildman–Crippen LogP) is 3.64. The second kappa shape index (κ2) is 6.12. The average Bonchev–Trinajstić information content (AvgIpc) is 3.07. The van der Waals surface area contributed by atoms with E-state index in [0.29, 0.717) is 10.4 Å². The molecule has 3 rings (SSSR count). The molecule has 124 valence electrons. The summed E-state index contributed by atoms with van der Waals surface area (Å²) in [7, 11) is 0. The van der Waals surface area contributed by atoms with Gasteiger partial charge in [0.15, 0.2) is 0 Å². The number of thiophene rings is 1. The van der Waals surface area contributed by atoms with Crippen molar-refractivity contribution in [1.82, 2.24) is 10.6 Å². The van der Waals surface area contributed by atoms with E-state index in [9.17, 15) is 22.8 Å². The van der Waals surface area contributed by atoms with Crippen LogP contribution in [0.5, 0.6) is 0 Å². The minimum atomic E-state index is -5.05. The molecule has 0 spiro atoms. The molecular weight excluding hydrogens is 341 g/mol. The summed E-state index contributed by atoms with van der Waals surface area (Å²) in [5.41, 5.74) is -0.227. The number of urea groups is 1. The first-order valence-electron chi connectivity index (χ1n) is 6.90. The summed E-state index contributed by atoms with van der Waals surface area (Å²) in [5, 5.41) is 6.40. The van der Waals surface area contributed by atoms with Gasteiger partial charge in [0.05, 0.1) is 22.2 Å². The van der Waals surface area contributed by atoms with Gasteiger partial charge in [-0.25, -0.2) is 4.79 Å². The highest BCUT2D eigenvalue weighted by molar-refractivity contribution is 7.11. The summed E-state index contributed by atoms with van der Waals surface area (Å²) in [5.74, 6) is -1.98. The van der Waals surface area contributed by atoms with E-state index in [-0.39, 0.29) is 5.70 Å². The summed E-state index contributed by atoms with van der Waals surface area (Å²) in [6.45, 7) is 0. The number of hydrogen-bond donors (Lipinski definition) is 2. The molecule has 0 aliphatic carbocycles.